The molecule has 2 fully saturated rings. The van der Waals surface area contributed by atoms with E-state index >= 15 is 0 Å². The third kappa shape index (κ3) is 5.53. The lowest BCUT2D eigenvalue weighted by molar-refractivity contribution is -0.192. The standard InChI is InChI=1S/C16H18N4O2.C2HF3O2/c1-2-13(9-17-5-1)22-14-8-16(21-10-14)4-7-20(11-16)15-3-6-18-12-19-15;3-2(4,5)1(6)7/h1-3,5-6,9,12,14H,4,7-8,10-11H2;(H,6,7). The number of hydrogen-bond donors (Lipinski definition) is 1. The van der Waals surface area contributed by atoms with Gasteiger partial charge in [-0.05, 0) is 24.6 Å². The van der Waals surface area contributed by atoms with Crippen LogP contribution in [0.1, 0.15) is 12.8 Å². The van der Waals surface area contributed by atoms with Crippen molar-refractivity contribution < 1.29 is 32.5 Å². The number of aliphatic carboxylic acids is 1. The van der Waals surface area contributed by atoms with E-state index in [0.29, 0.717) is 6.61 Å². The molecule has 2 aliphatic rings. The Bertz CT molecular complexity index is 810. The summed E-state index contributed by atoms with van der Waals surface area (Å²) in [6, 6.07) is 5.75. The van der Waals surface area contributed by atoms with Gasteiger partial charge in [0, 0.05) is 31.9 Å². The highest BCUT2D eigenvalue weighted by Crippen LogP contribution is 2.37. The highest BCUT2D eigenvalue weighted by atomic mass is 19.4. The molecule has 0 amide bonds. The lowest BCUT2D eigenvalue weighted by atomic mass is 9.98. The van der Waals surface area contributed by atoms with Gasteiger partial charge >= 0.3 is 12.1 Å². The van der Waals surface area contributed by atoms with Crippen molar-refractivity contribution in [2.45, 2.75) is 30.7 Å². The van der Waals surface area contributed by atoms with Crippen molar-refractivity contribution in [3.63, 3.8) is 0 Å². The van der Waals surface area contributed by atoms with E-state index in [2.05, 4.69) is 19.9 Å². The zero-order valence-electron chi connectivity index (χ0n) is 15.2. The Labute approximate surface area is 164 Å². The van der Waals surface area contributed by atoms with Crippen LogP contribution in [-0.2, 0) is 9.53 Å². The summed E-state index contributed by atoms with van der Waals surface area (Å²) in [4.78, 5) is 23.5. The Balaban J connectivity index is 0.000000298. The summed E-state index contributed by atoms with van der Waals surface area (Å²) in [5.41, 5.74) is -0.113. The zero-order valence-corrected chi connectivity index (χ0v) is 15.2. The summed E-state index contributed by atoms with van der Waals surface area (Å²) in [5.74, 6) is -0.988. The number of aromatic nitrogens is 3. The second-order valence-electron chi connectivity index (χ2n) is 6.67. The maximum atomic E-state index is 10.6. The molecule has 156 valence electrons. The fourth-order valence-corrected chi connectivity index (χ4v) is 3.28. The molecule has 2 aliphatic heterocycles. The lowest BCUT2D eigenvalue weighted by Gasteiger charge is -2.23. The molecule has 29 heavy (non-hydrogen) atoms. The molecule has 0 radical (unpaired) electrons. The van der Waals surface area contributed by atoms with E-state index in [-0.39, 0.29) is 11.7 Å². The van der Waals surface area contributed by atoms with Crippen LogP contribution >= 0.6 is 0 Å². The molecule has 2 unspecified atom stereocenters. The largest absolute Gasteiger partial charge is 0.490 e. The molecule has 11 heteroatoms. The Morgan fingerprint density at radius 1 is 1.31 bits per heavy atom. The summed E-state index contributed by atoms with van der Waals surface area (Å²) in [6.45, 7) is 2.44. The second kappa shape index (κ2) is 8.60. The predicted octanol–water partition coefficient (Wildman–Crippen LogP) is 2.32. The van der Waals surface area contributed by atoms with E-state index in [9.17, 15) is 13.2 Å². The number of alkyl halides is 3. The molecule has 4 rings (SSSR count). The van der Waals surface area contributed by atoms with Gasteiger partial charge in [0.2, 0.25) is 0 Å². The predicted molar refractivity (Wildman–Crippen MR) is 94.5 cm³/mol. The Kier molecular flexibility index (Phi) is 6.16. The monoisotopic (exact) mass is 412 g/mol. The number of halogens is 3. The Hall–Kier alpha value is -2.95. The first-order valence-electron chi connectivity index (χ1n) is 8.79. The van der Waals surface area contributed by atoms with Crippen molar-refractivity contribution in [2.24, 2.45) is 0 Å². The molecule has 0 aromatic carbocycles. The topological polar surface area (TPSA) is 97.7 Å². The number of rotatable bonds is 3. The molecule has 0 bridgehead atoms. The number of carboxylic acids is 1. The van der Waals surface area contributed by atoms with E-state index in [4.69, 9.17) is 19.4 Å². The van der Waals surface area contributed by atoms with Gasteiger partial charge in [-0.15, -0.1) is 0 Å². The van der Waals surface area contributed by atoms with Gasteiger partial charge < -0.3 is 19.5 Å². The van der Waals surface area contributed by atoms with Crippen LogP contribution in [0.4, 0.5) is 19.0 Å². The van der Waals surface area contributed by atoms with Crippen LogP contribution in [0, 0.1) is 0 Å². The molecule has 2 atom stereocenters. The number of carbonyl (C=O) groups is 1. The minimum atomic E-state index is -5.08. The summed E-state index contributed by atoms with van der Waals surface area (Å²) in [5, 5.41) is 7.12. The van der Waals surface area contributed by atoms with Crippen LogP contribution in [0.25, 0.3) is 0 Å². The number of carboxylic acid groups (broad SMARTS) is 1. The highest BCUT2D eigenvalue weighted by molar-refractivity contribution is 5.73. The minimum Gasteiger partial charge on any atom is -0.486 e. The first-order chi connectivity index (χ1) is 13.8. The third-order valence-corrected chi connectivity index (χ3v) is 4.56. The van der Waals surface area contributed by atoms with Crippen LogP contribution in [0.15, 0.2) is 43.1 Å². The lowest BCUT2D eigenvalue weighted by Crippen LogP contribution is -2.33. The van der Waals surface area contributed by atoms with E-state index in [1.54, 1.807) is 24.9 Å². The molecule has 1 N–H and O–H groups in total. The van der Waals surface area contributed by atoms with Crippen LogP contribution in [0.2, 0.25) is 0 Å². The van der Waals surface area contributed by atoms with Crippen molar-refractivity contribution in [3.05, 3.63) is 43.1 Å². The molecule has 2 aromatic heterocycles. The van der Waals surface area contributed by atoms with Gasteiger partial charge in [-0.1, -0.05) is 0 Å². The summed E-state index contributed by atoms with van der Waals surface area (Å²) in [6.07, 6.45) is 3.77. The van der Waals surface area contributed by atoms with E-state index in [1.165, 1.54) is 0 Å². The molecule has 0 saturated carbocycles. The van der Waals surface area contributed by atoms with E-state index in [0.717, 1.165) is 37.5 Å². The smallest absolute Gasteiger partial charge is 0.486 e. The average molecular weight is 412 g/mol. The van der Waals surface area contributed by atoms with Crippen molar-refractivity contribution >= 4 is 11.8 Å². The van der Waals surface area contributed by atoms with E-state index in [1.807, 2.05) is 18.2 Å². The van der Waals surface area contributed by atoms with Gasteiger partial charge in [-0.2, -0.15) is 13.2 Å². The molecule has 4 heterocycles. The first-order valence-corrected chi connectivity index (χ1v) is 8.79. The molecular weight excluding hydrogens is 393 g/mol. The fraction of sp³-hybridized carbons (Fsp3) is 0.444. The van der Waals surface area contributed by atoms with Gasteiger partial charge in [0.05, 0.1) is 18.4 Å². The fourth-order valence-electron chi connectivity index (χ4n) is 3.28. The maximum absolute atomic E-state index is 10.6. The number of anilines is 1. The number of hydrogen-bond acceptors (Lipinski definition) is 7. The normalized spacial score (nSPS) is 23.6. The van der Waals surface area contributed by atoms with Crippen LogP contribution < -0.4 is 9.64 Å². The maximum Gasteiger partial charge on any atom is 0.490 e. The number of nitrogens with zero attached hydrogens (tertiary/aromatic N) is 4. The molecule has 2 saturated heterocycles. The van der Waals surface area contributed by atoms with Crippen molar-refractivity contribution in [3.8, 4) is 5.75 Å². The zero-order chi connectivity index (χ0) is 20.9. The minimum absolute atomic E-state index is 0.0922. The third-order valence-electron chi connectivity index (χ3n) is 4.56. The van der Waals surface area contributed by atoms with Crippen LogP contribution in [0.3, 0.4) is 0 Å². The number of ether oxygens (including phenoxy) is 2. The quantitative estimate of drug-likeness (QED) is 0.820. The van der Waals surface area contributed by atoms with Gasteiger partial charge in [0.15, 0.2) is 0 Å². The Morgan fingerprint density at radius 2 is 2.10 bits per heavy atom. The average Bonchev–Trinajstić information content (AvgIpc) is 3.30. The highest BCUT2D eigenvalue weighted by Gasteiger charge is 2.46. The Morgan fingerprint density at radius 3 is 2.72 bits per heavy atom. The van der Waals surface area contributed by atoms with Crippen LogP contribution in [-0.4, -0.2) is 63.6 Å². The number of pyridine rings is 1. The summed E-state index contributed by atoms with van der Waals surface area (Å²) < 4.78 is 43.8. The van der Waals surface area contributed by atoms with Gasteiger partial charge in [-0.25, -0.2) is 14.8 Å². The summed E-state index contributed by atoms with van der Waals surface area (Å²) in [7, 11) is 0. The van der Waals surface area contributed by atoms with Gasteiger partial charge in [-0.3, -0.25) is 4.98 Å². The molecule has 2 aromatic rings. The first kappa shape index (κ1) is 20.8. The molecule has 8 nitrogen and oxygen atoms in total. The SMILES string of the molecule is O=C(O)C(F)(F)F.c1cncc(OC2COC3(CCN(c4ccncn4)C3)C2)c1. The molecule has 0 aliphatic carbocycles. The van der Waals surface area contributed by atoms with Crippen molar-refractivity contribution in [1.29, 1.82) is 0 Å². The van der Waals surface area contributed by atoms with Crippen molar-refractivity contribution in [2.75, 3.05) is 24.6 Å². The van der Waals surface area contributed by atoms with Crippen molar-refractivity contribution in [1.82, 2.24) is 15.0 Å². The molecule has 1 spiro atoms. The van der Waals surface area contributed by atoms with Crippen LogP contribution in [0.5, 0.6) is 5.75 Å². The van der Waals surface area contributed by atoms with Gasteiger partial charge in [0.25, 0.3) is 0 Å². The summed E-state index contributed by atoms with van der Waals surface area (Å²) >= 11 is 0. The second-order valence-corrected chi connectivity index (χ2v) is 6.67. The van der Waals surface area contributed by atoms with E-state index < -0.39 is 12.1 Å². The van der Waals surface area contributed by atoms with Gasteiger partial charge in [0.1, 0.15) is 24.0 Å². The molecular formula is C18H19F3N4O4.